The van der Waals surface area contributed by atoms with Crippen molar-refractivity contribution in [3.05, 3.63) is 270 Å². The number of benzene rings is 8. The number of nitrogens with zero attached hydrogens (tertiary/aromatic N) is 20. The Hall–Kier alpha value is -16.0. The second-order valence-corrected chi connectivity index (χ2v) is 31.2. The fourth-order valence-electron chi connectivity index (χ4n) is 15.3. The molecule has 0 atom stereocenters. The van der Waals surface area contributed by atoms with Gasteiger partial charge < -0.3 is 37.7 Å². The molecular weight excluding hydrogens is 1790 g/mol. The van der Waals surface area contributed by atoms with E-state index in [1.165, 1.54) is 92.4 Å². The molecule has 16 aromatic rings. The van der Waals surface area contributed by atoms with Crippen molar-refractivity contribution in [3.8, 4) is 40.8 Å². The number of halogens is 7. The lowest BCUT2D eigenvalue weighted by Crippen LogP contribution is -2.45. The van der Waals surface area contributed by atoms with E-state index in [1.54, 1.807) is 107 Å². The topological polar surface area (TPSA) is 282 Å². The maximum atomic E-state index is 13.8. The predicted molar refractivity (Wildman–Crippen MR) is 493 cm³/mol. The molecule has 0 radical (unpaired) electrons. The normalized spacial score (nSPS) is 14.8. The smallest absolute Gasteiger partial charge is 0.335 e. The van der Waals surface area contributed by atoms with Gasteiger partial charge in [-0.3, -0.25) is 33.6 Å². The molecule has 31 nitrogen and oxygen atoms in total. The van der Waals surface area contributed by atoms with Crippen LogP contribution in [0.3, 0.4) is 0 Å². The van der Waals surface area contributed by atoms with Crippen LogP contribution in [0.5, 0.6) is 40.8 Å². The van der Waals surface area contributed by atoms with E-state index in [0.717, 1.165) is 65.0 Å². The van der Waals surface area contributed by atoms with E-state index in [1.807, 2.05) is 137 Å². The molecule has 4 aliphatic rings. The van der Waals surface area contributed by atoms with Crippen molar-refractivity contribution in [3.63, 3.8) is 0 Å². The number of urea groups is 4. The van der Waals surface area contributed by atoms with Gasteiger partial charge in [-0.15, -0.1) is 0 Å². The number of hydrogen-bond donors (Lipinski definition) is 0. The average molecular weight is 1880 g/mol. The molecule has 12 heterocycles. The minimum Gasteiger partial charge on any atom is -0.497 e. The summed E-state index contributed by atoms with van der Waals surface area (Å²) >= 11 is 3.41. The molecule has 0 spiro atoms. The number of amides is 8. The number of imidazole rings is 1. The van der Waals surface area contributed by atoms with Crippen LogP contribution in [0.4, 0.5) is 114 Å². The van der Waals surface area contributed by atoms with Crippen LogP contribution in [0.15, 0.2) is 248 Å². The zero-order chi connectivity index (χ0) is 100. The van der Waals surface area contributed by atoms with Gasteiger partial charge in [-0.2, -0.15) is 35.2 Å². The number of ether oxygens (including phenoxy) is 7. The van der Waals surface area contributed by atoms with Crippen LogP contribution in [0.1, 0.15) is 41.5 Å². The van der Waals surface area contributed by atoms with E-state index < -0.39 is 72.3 Å². The molecule has 8 amide bonds. The summed E-state index contributed by atoms with van der Waals surface area (Å²) in [6, 6.07) is 59.3. The first kappa shape index (κ1) is 78.1. The lowest BCUT2D eigenvalue weighted by atomic mass is 10.1. The Kier molecular flexibility index (Phi) is 22.5. The molecule has 0 unspecified atom stereocenters. The van der Waals surface area contributed by atoms with E-state index in [-0.39, 0.29) is 78.2 Å². The Balaban J connectivity index is 0.000000130. The summed E-state index contributed by atoms with van der Waals surface area (Å²) in [5.41, 5.74) is 11.5. The molecule has 0 aliphatic carbocycles. The summed E-state index contributed by atoms with van der Waals surface area (Å²) in [4.78, 5) is 89.3. The van der Waals surface area contributed by atoms with Crippen molar-refractivity contribution < 1.29 is 91.0 Å². The third-order valence-corrected chi connectivity index (χ3v) is 22.0. The third kappa shape index (κ3) is 19.1. The average Bonchev–Trinajstić information content (AvgIpc) is 0.876. The Morgan fingerprint density at radius 1 is 0.353 bits per heavy atom. The fourth-order valence-corrected chi connectivity index (χ4v) is 15.6. The quantitative estimate of drug-likeness (QED) is 0.0570. The van der Waals surface area contributed by atoms with Crippen molar-refractivity contribution in [2.75, 3.05) is 86.7 Å². The molecule has 678 valence electrons. The summed E-state index contributed by atoms with van der Waals surface area (Å²) in [6.45, 7) is 0.827. The maximum Gasteiger partial charge on any atom is 0.335 e. The highest BCUT2D eigenvalue weighted by atomic mass is 79.9. The lowest BCUT2D eigenvalue weighted by molar-refractivity contribution is 0.0794. The molecule has 38 heteroatoms. The molecular formula is C95H83BrF6N20O11. The molecule has 0 N–H and O–H groups in total. The summed E-state index contributed by atoms with van der Waals surface area (Å²) in [6.07, 6.45) is -0.665. The molecule has 0 fully saturated rings. The number of fused-ring (bicyclic) bond motifs is 8. The van der Waals surface area contributed by atoms with Gasteiger partial charge in [-0.1, -0.05) is 15.9 Å². The van der Waals surface area contributed by atoms with Gasteiger partial charge in [0.1, 0.15) is 40.5 Å². The minimum absolute atomic E-state index is 0.0363. The highest BCUT2D eigenvalue weighted by molar-refractivity contribution is 9.10. The zero-order valence-electron chi connectivity index (χ0n) is 80.1. The molecule has 8 aromatic carbocycles. The number of anilines is 12. The monoisotopic (exact) mass is 1880 g/mol. The van der Waals surface area contributed by atoms with Crippen LogP contribution in [-0.2, 0) is 54.4 Å². The second kappa shape index (κ2) is 38.3. The maximum absolute atomic E-state index is 13.8. The van der Waals surface area contributed by atoms with Crippen molar-refractivity contribution >= 4 is 153 Å². The van der Waals surface area contributed by atoms with Crippen molar-refractivity contribution in [1.82, 2.24) is 58.8 Å². The van der Waals surface area contributed by atoms with E-state index in [2.05, 4.69) is 56.1 Å². The summed E-state index contributed by atoms with van der Waals surface area (Å²) in [5, 5.41) is 15.8. The Morgan fingerprint density at radius 2 is 0.632 bits per heavy atom. The van der Waals surface area contributed by atoms with Crippen LogP contribution < -0.4 is 72.4 Å². The van der Waals surface area contributed by atoms with Gasteiger partial charge in [0.05, 0.1) is 123 Å². The number of carbonyl (C=O) groups excluding carboxylic acids is 4. The summed E-state index contributed by atoms with van der Waals surface area (Å²) < 4.78 is 185. The van der Waals surface area contributed by atoms with Gasteiger partial charge in [0.2, 0.25) is 23.5 Å². The van der Waals surface area contributed by atoms with Gasteiger partial charge in [-0.25, -0.2) is 70.1 Å². The molecule has 0 bridgehead atoms. The Bertz CT molecular complexity index is 7400. The molecule has 133 heavy (non-hydrogen) atoms. The Morgan fingerprint density at radius 3 is 0.925 bits per heavy atom. The number of carbonyl (C=O) groups is 4. The fraction of sp³-hybridized carbons (Fsp3) is 0.200. The van der Waals surface area contributed by atoms with E-state index >= 15 is 0 Å². The Labute approximate surface area is 777 Å². The van der Waals surface area contributed by atoms with Gasteiger partial charge in [0, 0.05) is 137 Å². The molecule has 0 saturated heterocycles. The lowest BCUT2D eigenvalue weighted by Gasteiger charge is -2.36. The number of hydrogen-bond acceptors (Lipinski definition) is 19. The SMILES string of the molecule is Cn1cc2cc(N3Cc4ccc(OCC(F)F)nc4N(c4ccc(Br)cc4)C3=O)ccc2n1.[2H]C([2H])([2H])Oc1ccc(N2C(=O)N(c3ccc4ncn(C)c4c3)Cc3ccc(OCC(F)F)nc32)cc1.[2H]C([2H])([2H])Oc1ccc(N2C(=O)N(c3ccc4nn(C)cc4c3)Cc3ccc(OCC(F)F)nc32)cc1.[2H]C([2H])([2H])Oc1ccc(N2C(=O)N(c3ccc4nn(C)cc4c3)Cc3ccc(OCC)nc32)cc1. The molecule has 20 rings (SSSR count). The number of pyridine rings is 4. The first-order chi connectivity index (χ1) is 67.8. The standard InChI is InChI=1S/2C24H21F2N5O3.C24H23N5O3.C23H18BrF2N5O2/c1-29-12-16-11-18(6-9-20(16)28-29)30-13-15-3-10-22(34-14-21(25)26)27-23(15)31(24(30)32)17-4-7-19(33-2)8-5-17;1-29-14-27-19-9-6-17(11-20(19)29)30-12-15-3-10-22(34-13-21(25)26)28-23(15)31(24(30)32)16-4-7-18(33-2)8-5-16;1-4-32-22-12-5-16-15-28(19-8-11-21-17(13-19)14-27(2)26-21)24(30)29(23(16)25-22)18-6-9-20(31-3)10-7-18;1-29-11-15-10-18(7-8-19(15)28-29)30-12-14-2-9-21(33-13-20(25)26)27-22(14)31(23(30)32)17-5-3-16(24)4-6-17/h3-12,21H,13-14H2,1-2H3;3-11,14,21H,12-13H2,1-2H3;5-14H,4,15H2,1-3H3;2-11,20H,12-13H2,1H3/i2*2D3;3D3;. The number of methoxy groups -OCH3 is 3. The van der Waals surface area contributed by atoms with E-state index in [4.69, 9.17) is 45.5 Å². The van der Waals surface area contributed by atoms with Crippen LogP contribution in [0.2, 0.25) is 0 Å². The molecule has 4 aliphatic heterocycles. The summed E-state index contributed by atoms with van der Waals surface area (Å²) in [5.74, 6) is 1.96. The van der Waals surface area contributed by atoms with E-state index in [0.29, 0.717) is 81.6 Å². The highest BCUT2D eigenvalue weighted by Gasteiger charge is 2.40. The van der Waals surface area contributed by atoms with Crippen LogP contribution in [0.25, 0.3) is 43.7 Å². The second-order valence-electron chi connectivity index (χ2n) is 30.3. The zero-order valence-corrected chi connectivity index (χ0v) is 72.6. The highest BCUT2D eigenvalue weighted by Crippen LogP contribution is 2.45. The van der Waals surface area contributed by atoms with E-state index in [9.17, 15) is 45.5 Å². The van der Waals surface area contributed by atoms with Crippen LogP contribution in [-0.4, -0.2) is 150 Å². The third-order valence-electron chi connectivity index (χ3n) is 21.4. The first-order valence-corrected chi connectivity index (χ1v) is 41.7. The van der Waals surface area contributed by atoms with Gasteiger partial charge >= 0.3 is 24.1 Å². The number of aryl methyl sites for hydroxylation is 4. The van der Waals surface area contributed by atoms with Gasteiger partial charge in [0.15, 0.2) is 19.8 Å². The number of alkyl halides is 6. The van der Waals surface area contributed by atoms with Gasteiger partial charge in [-0.05, 0) is 201 Å². The van der Waals surface area contributed by atoms with Gasteiger partial charge in [0.25, 0.3) is 19.3 Å². The minimum atomic E-state index is -2.68. The summed E-state index contributed by atoms with van der Waals surface area (Å²) in [7, 11) is -0.467. The first-order valence-electron chi connectivity index (χ1n) is 45.4. The van der Waals surface area contributed by atoms with Crippen LogP contribution in [0, 0.1) is 0 Å². The number of rotatable bonds is 22. The number of aromatic nitrogens is 12. The van der Waals surface area contributed by atoms with Crippen LogP contribution >= 0.6 is 15.9 Å². The predicted octanol–water partition coefficient (Wildman–Crippen LogP) is 20.1. The molecule has 0 saturated carbocycles. The molecule has 8 aromatic heterocycles. The van der Waals surface area contributed by atoms with Crippen molar-refractivity contribution in [2.24, 2.45) is 28.2 Å². The largest absolute Gasteiger partial charge is 0.497 e. The van der Waals surface area contributed by atoms with Crippen molar-refractivity contribution in [1.29, 1.82) is 0 Å². The van der Waals surface area contributed by atoms with Crippen molar-refractivity contribution in [2.45, 2.75) is 52.4 Å².